The highest BCUT2D eigenvalue weighted by molar-refractivity contribution is 5.88. The van der Waals surface area contributed by atoms with Gasteiger partial charge >= 0.3 is 0 Å². The molecule has 2 fully saturated rings. The van der Waals surface area contributed by atoms with Crippen molar-refractivity contribution in [3.8, 4) is 0 Å². The minimum atomic E-state index is -0.341. The molecule has 1 amide bonds. The fourth-order valence-electron chi connectivity index (χ4n) is 3.75. The molecule has 2 aliphatic rings. The van der Waals surface area contributed by atoms with Gasteiger partial charge in [0.25, 0.3) is 0 Å². The Bertz CT molecular complexity index is 334. The van der Waals surface area contributed by atoms with E-state index < -0.39 is 0 Å². The number of hydrogen-bond acceptors (Lipinski definition) is 2. The van der Waals surface area contributed by atoms with E-state index in [1.807, 2.05) is 0 Å². The molecule has 0 aromatic carbocycles. The summed E-state index contributed by atoms with van der Waals surface area (Å²) in [5.41, 5.74) is -0.341. The zero-order valence-electron chi connectivity index (χ0n) is 13.7. The lowest BCUT2D eigenvalue weighted by atomic mass is 9.98. The quantitative estimate of drug-likeness (QED) is 0.797. The van der Waals surface area contributed by atoms with Crippen molar-refractivity contribution in [2.45, 2.75) is 96.8 Å². The Hall–Kier alpha value is -0.570. The molecule has 1 heterocycles. The van der Waals surface area contributed by atoms with Crippen molar-refractivity contribution in [3.63, 3.8) is 0 Å². The van der Waals surface area contributed by atoms with Crippen LogP contribution in [0.1, 0.15) is 79.1 Å². The maximum Gasteiger partial charge on any atom is 0.244 e. The summed E-state index contributed by atoms with van der Waals surface area (Å²) in [6.07, 6.45) is 9.83. The van der Waals surface area contributed by atoms with E-state index in [-0.39, 0.29) is 11.7 Å². The molecule has 1 saturated carbocycles. The van der Waals surface area contributed by atoms with Crippen molar-refractivity contribution in [2.75, 3.05) is 0 Å². The Labute approximate surface area is 124 Å². The molecule has 0 bridgehead atoms. The van der Waals surface area contributed by atoms with Gasteiger partial charge in [0.1, 0.15) is 0 Å². The first-order valence-corrected chi connectivity index (χ1v) is 8.58. The minimum Gasteiger partial charge on any atom is -0.323 e. The Morgan fingerprint density at radius 3 is 2.35 bits per heavy atom. The second-order valence-corrected chi connectivity index (χ2v) is 7.33. The molecule has 2 unspecified atom stereocenters. The number of carbonyl (C=O) groups is 1. The number of rotatable bonds is 4. The average Bonchev–Trinajstić information content (AvgIpc) is 2.61. The predicted octanol–water partition coefficient (Wildman–Crippen LogP) is 3.68. The molecule has 1 N–H and O–H groups in total. The molecule has 20 heavy (non-hydrogen) atoms. The van der Waals surface area contributed by atoms with Gasteiger partial charge in [-0.2, -0.15) is 0 Å². The third-order valence-corrected chi connectivity index (χ3v) is 5.15. The highest BCUT2D eigenvalue weighted by atomic mass is 16.2. The molecule has 2 atom stereocenters. The van der Waals surface area contributed by atoms with Crippen molar-refractivity contribution in [1.82, 2.24) is 10.2 Å². The van der Waals surface area contributed by atoms with Crippen LogP contribution in [-0.2, 0) is 4.79 Å². The average molecular weight is 280 g/mol. The maximum absolute atomic E-state index is 12.9. The van der Waals surface area contributed by atoms with Crippen LogP contribution in [-0.4, -0.2) is 28.6 Å². The zero-order valence-corrected chi connectivity index (χ0v) is 13.7. The first-order chi connectivity index (χ1) is 9.48. The fourth-order valence-corrected chi connectivity index (χ4v) is 3.75. The van der Waals surface area contributed by atoms with E-state index in [1.165, 1.54) is 38.5 Å². The summed E-state index contributed by atoms with van der Waals surface area (Å²) < 4.78 is 0. The van der Waals surface area contributed by atoms with Crippen molar-refractivity contribution in [3.05, 3.63) is 0 Å². The smallest absolute Gasteiger partial charge is 0.244 e. The largest absolute Gasteiger partial charge is 0.323 e. The molecule has 0 aromatic rings. The van der Waals surface area contributed by atoms with Crippen molar-refractivity contribution in [1.29, 1.82) is 0 Å². The SMILES string of the molecule is CCC1(C)NC(CC(C)C)N(C2CCCCCC2)C1=O. The van der Waals surface area contributed by atoms with Crippen LogP contribution in [0.15, 0.2) is 0 Å². The first-order valence-electron chi connectivity index (χ1n) is 8.58. The van der Waals surface area contributed by atoms with E-state index in [2.05, 4.69) is 37.9 Å². The third kappa shape index (κ3) is 3.19. The number of hydrogen-bond donors (Lipinski definition) is 1. The van der Waals surface area contributed by atoms with Gasteiger partial charge in [0, 0.05) is 6.04 Å². The van der Waals surface area contributed by atoms with E-state index in [9.17, 15) is 4.79 Å². The molecule has 0 radical (unpaired) electrons. The highest BCUT2D eigenvalue weighted by Gasteiger charge is 2.48. The molecule has 116 valence electrons. The number of carbonyl (C=O) groups excluding carboxylic acids is 1. The van der Waals surface area contributed by atoms with Crippen LogP contribution in [0.5, 0.6) is 0 Å². The summed E-state index contributed by atoms with van der Waals surface area (Å²) in [4.78, 5) is 15.2. The molecule has 3 heteroatoms. The summed E-state index contributed by atoms with van der Waals surface area (Å²) in [5.74, 6) is 0.963. The van der Waals surface area contributed by atoms with Gasteiger partial charge in [-0.1, -0.05) is 46.5 Å². The van der Waals surface area contributed by atoms with Crippen LogP contribution in [0.2, 0.25) is 0 Å². The van der Waals surface area contributed by atoms with E-state index in [0.717, 1.165) is 12.8 Å². The summed E-state index contributed by atoms with van der Waals surface area (Å²) in [6, 6.07) is 0.467. The summed E-state index contributed by atoms with van der Waals surface area (Å²) in [5, 5.41) is 3.64. The second-order valence-electron chi connectivity index (χ2n) is 7.33. The van der Waals surface area contributed by atoms with Gasteiger partial charge in [-0.15, -0.1) is 0 Å². The van der Waals surface area contributed by atoms with Crippen LogP contribution in [0.4, 0.5) is 0 Å². The van der Waals surface area contributed by atoms with Crippen LogP contribution < -0.4 is 5.32 Å². The van der Waals surface area contributed by atoms with E-state index in [4.69, 9.17) is 0 Å². The van der Waals surface area contributed by atoms with Crippen molar-refractivity contribution in [2.24, 2.45) is 5.92 Å². The highest BCUT2D eigenvalue weighted by Crippen LogP contribution is 2.33. The molecule has 0 spiro atoms. The molecule has 1 aliphatic heterocycles. The molecule has 0 aromatic heterocycles. The third-order valence-electron chi connectivity index (χ3n) is 5.15. The lowest BCUT2D eigenvalue weighted by Gasteiger charge is -2.33. The van der Waals surface area contributed by atoms with Crippen LogP contribution in [0, 0.1) is 5.92 Å². The van der Waals surface area contributed by atoms with Gasteiger partial charge in [0.15, 0.2) is 0 Å². The monoisotopic (exact) mass is 280 g/mol. The molecule has 1 saturated heterocycles. The minimum absolute atomic E-state index is 0.246. The fraction of sp³-hybridized carbons (Fsp3) is 0.941. The Morgan fingerprint density at radius 1 is 1.25 bits per heavy atom. The maximum atomic E-state index is 12.9. The molecule has 1 aliphatic carbocycles. The molecular weight excluding hydrogens is 248 g/mol. The number of amides is 1. The van der Waals surface area contributed by atoms with E-state index in [0.29, 0.717) is 17.9 Å². The van der Waals surface area contributed by atoms with E-state index in [1.54, 1.807) is 0 Å². The Kier molecular flexibility index (Phi) is 5.11. The summed E-state index contributed by atoms with van der Waals surface area (Å²) >= 11 is 0. The zero-order chi connectivity index (χ0) is 14.8. The normalized spacial score (nSPS) is 33.0. The standard InChI is InChI=1S/C17H32N2O/c1-5-17(4)16(20)19(15(18-17)12-13(2)3)14-10-8-6-7-9-11-14/h13-15,18H,5-12H2,1-4H3. The first kappa shape index (κ1) is 15.8. The lowest BCUT2D eigenvalue weighted by molar-refractivity contribution is -0.135. The van der Waals surface area contributed by atoms with Gasteiger partial charge in [-0.3, -0.25) is 10.1 Å². The van der Waals surface area contributed by atoms with Gasteiger partial charge in [-0.05, 0) is 38.5 Å². The lowest BCUT2D eigenvalue weighted by Crippen LogP contribution is -2.45. The summed E-state index contributed by atoms with van der Waals surface area (Å²) in [7, 11) is 0. The second kappa shape index (κ2) is 6.46. The van der Waals surface area contributed by atoms with Crippen molar-refractivity contribution >= 4 is 5.91 Å². The Balaban J connectivity index is 2.18. The number of nitrogens with zero attached hydrogens (tertiary/aromatic N) is 1. The summed E-state index contributed by atoms with van der Waals surface area (Å²) in [6.45, 7) is 8.70. The van der Waals surface area contributed by atoms with Crippen LogP contribution >= 0.6 is 0 Å². The van der Waals surface area contributed by atoms with Gasteiger partial charge in [-0.25, -0.2) is 0 Å². The molecule has 2 rings (SSSR count). The van der Waals surface area contributed by atoms with Gasteiger partial charge < -0.3 is 4.90 Å². The topological polar surface area (TPSA) is 32.3 Å². The van der Waals surface area contributed by atoms with Gasteiger partial charge in [0.05, 0.1) is 11.7 Å². The van der Waals surface area contributed by atoms with Crippen LogP contribution in [0.3, 0.4) is 0 Å². The number of nitrogens with one attached hydrogen (secondary N) is 1. The predicted molar refractivity (Wildman–Crippen MR) is 83.4 cm³/mol. The van der Waals surface area contributed by atoms with E-state index >= 15 is 0 Å². The van der Waals surface area contributed by atoms with Crippen molar-refractivity contribution < 1.29 is 4.79 Å². The van der Waals surface area contributed by atoms with Crippen LogP contribution in [0.25, 0.3) is 0 Å². The molecular formula is C17H32N2O. The molecule has 3 nitrogen and oxygen atoms in total. The van der Waals surface area contributed by atoms with Gasteiger partial charge in [0.2, 0.25) is 5.91 Å². The Morgan fingerprint density at radius 2 is 1.85 bits per heavy atom.